The monoisotopic (exact) mass is 257 g/mol. The molecule has 0 spiro atoms. The number of nitrogens with one attached hydrogen (secondary N) is 1. The number of anilines is 2. The second-order valence-corrected chi connectivity index (χ2v) is 4.58. The van der Waals surface area contributed by atoms with Gasteiger partial charge in [-0.15, -0.1) is 0 Å². The van der Waals surface area contributed by atoms with E-state index >= 15 is 0 Å². The summed E-state index contributed by atoms with van der Waals surface area (Å²) in [6.45, 7) is 3.12. The van der Waals surface area contributed by atoms with Gasteiger partial charge in [0.25, 0.3) is 0 Å². The van der Waals surface area contributed by atoms with Crippen molar-refractivity contribution in [2.75, 3.05) is 23.7 Å². The number of para-hydroxylation sites is 2. The Kier molecular flexibility index (Phi) is 2.70. The van der Waals surface area contributed by atoms with E-state index in [1.54, 1.807) is 0 Å². The van der Waals surface area contributed by atoms with Crippen LogP contribution in [0.15, 0.2) is 24.3 Å². The largest absolute Gasteiger partial charge is 0.381 e. The lowest BCUT2D eigenvalue weighted by molar-refractivity contribution is -0.122. The molecule has 98 valence electrons. The van der Waals surface area contributed by atoms with E-state index in [0.29, 0.717) is 24.7 Å². The van der Waals surface area contributed by atoms with Crippen molar-refractivity contribution in [1.82, 2.24) is 15.3 Å². The van der Waals surface area contributed by atoms with Gasteiger partial charge in [-0.05, 0) is 19.1 Å². The van der Waals surface area contributed by atoms with Crippen LogP contribution in [-0.2, 0) is 4.79 Å². The van der Waals surface area contributed by atoms with E-state index in [4.69, 9.17) is 5.73 Å². The number of nitrogens with zero attached hydrogens (tertiary/aromatic N) is 3. The highest BCUT2D eigenvalue weighted by molar-refractivity contribution is 5.88. The molecule has 1 atom stereocenters. The molecule has 0 bridgehead atoms. The first-order chi connectivity index (χ1) is 9.16. The van der Waals surface area contributed by atoms with Crippen molar-refractivity contribution in [2.45, 2.75) is 13.0 Å². The number of nitrogen functional groups attached to an aromatic ring is 1. The summed E-state index contributed by atoms with van der Waals surface area (Å²) >= 11 is 0. The first kappa shape index (κ1) is 11.7. The van der Waals surface area contributed by atoms with Crippen LogP contribution in [0.4, 0.5) is 11.6 Å². The van der Waals surface area contributed by atoms with Gasteiger partial charge >= 0.3 is 0 Å². The highest BCUT2D eigenvalue weighted by atomic mass is 16.2. The Morgan fingerprint density at radius 3 is 2.74 bits per heavy atom. The quantitative estimate of drug-likeness (QED) is 0.778. The minimum atomic E-state index is -0.286. The summed E-state index contributed by atoms with van der Waals surface area (Å²) in [4.78, 5) is 22.5. The molecule has 0 saturated carbocycles. The summed E-state index contributed by atoms with van der Waals surface area (Å²) in [6, 6.07) is 7.28. The van der Waals surface area contributed by atoms with Gasteiger partial charge in [0.15, 0.2) is 11.6 Å². The lowest BCUT2D eigenvalue weighted by Crippen LogP contribution is -2.54. The average Bonchev–Trinajstić information content (AvgIpc) is 2.41. The maximum Gasteiger partial charge on any atom is 0.242 e. The Bertz CT molecular complexity index is 642. The number of piperazine rings is 1. The lowest BCUT2D eigenvalue weighted by atomic mass is 10.2. The maximum absolute atomic E-state index is 11.7. The second-order valence-electron chi connectivity index (χ2n) is 4.58. The van der Waals surface area contributed by atoms with E-state index in [0.717, 1.165) is 11.0 Å². The zero-order valence-electron chi connectivity index (χ0n) is 10.6. The average molecular weight is 257 g/mol. The fourth-order valence-electron chi connectivity index (χ4n) is 2.29. The van der Waals surface area contributed by atoms with Crippen LogP contribution < -0.4 is 16.0 Å². The van der Waals surface area contributed by atoms with Crippen LogP contribution in [0.5, 0.6) is 0 Å². The minimum absolute atomic E-state index is 0.0133. The van der Waals surface area contributed by atoms with E-state index in [1.165, 1.54) is 0 Å². The van der Waals surface area contributed by atoms with Crippen molar-refractivity contribution in [3.05, 3.63) is 24.3 Å². The number of carbonyl (C=O) groups excluding carboxylic acids is 1. The normalized spacial score (nSPS) is 19.5. The zero-order chi connectivity index (χ0) is 13.4. The first-order valence-electron chi connectivity index (χ1n) is 6.23. The van der Waals surface area contributed by atoms with E-state index in [-0.39, 0.29) is 11.9 Å². The standard InChI is InChI=1S/C13H15N5O/c1-8-13(19)15-6-7-18(8)12-11(14)16-9-4-2-3-5-10(9)17-12/h2-5,8H,6-7H2,1H3,(H2,14,16)(H,15,19). The SMILES string of the molecule is CC1C(=O)NCCN1c1nc2ccccc2nc1N. The molecule has 2 aromatic rings. The first-order valence-corrected chi connectivity index (χ1v) is 6.23. The van der Waals surface area contributed by atoms with E-state index in [2.05, 4.69) is 15.3 Å². The fraction of sp³-hybridized carbons (Fsp3) is 0.308. The molecule has 6 heteroatoms. The summed E-state index contributed by atoms with van der Waals surface area (Å²) in [5, 5.41) is 2.82. The van der Waals surface area contributed by atoms with Crippen LogP contribution in [0.1, 0.15) is 6.92 Å². The number of aromatic nitrogens is 2. The van der Waals surface area contributed by atoms with Crippen LogP contribution in [0, 0.1) is 0 Å². The molecule has 2 heterocycles. The van der Waals surface area contributed by atoms with Gasteiger partial charge < -0.3 is 16.0 Å². The van der Waals surface area contributed by atoms with Crippen LogP contribution in [0.3, 0.4) is 0 Å². The number of carbonyl (C=O) groups is 1. The van der Waals surface area contributed by atoms with Gasteiger partial charge in [0.1, 0.15) is 6.04 Å². The summed E-state index contributed by atoms with van der Waals surface area (Å²) in [5.41, 5.74) is 7.52. The zero-order valence-corrected chi connectivity index (χ0v) is 10.6. The molecule has 0 aliphatic carbocycles. The third-order valence-corrected chi connectivity index (χ3v) is 3.35. The predicted octanol–water partition coefficient (Wildman–Crippen LogP) is 0.537. The molecule has 6 nitrogen and oxygen atoms in total. The van der Waals surface area contributed by atoms with Crippen molar-refractivity contribution >= 4 is 28.6 Å². The Morgan fingerprint density at radius 2 is 2.00 bits per heavy atom. The van der Waals surface area contributed by atoms with Crippen LogP contribution in [0.2, 0.25) is 0 Å². The second kappa shape index (κ2) is 4.38. The van der Waals surface area contributed by atoms with Crippen molar-refractivity contribution in [3.8, 4) is 0 Å². The molecule has 1 fully saturated rings. The smallest absolute Gasteiger partial charge is 0.242 e. The third kappa shape index (κ3) is 1.95. The highest BCUT2D eigenvalue weighted by Crippen LogP contribution is 2.24. The minimum Gasteiger partial charge on any atom is -0.381 e. The van der Waals surface area contributed by atoms with Gasteiger partial charge in [-0.1, -0.05) is 12.1 Å². The third-order valence-electron chi connectivity index (χ3n) is 3.35. The Morgan fingerprint density at radius 1 is 1.32 bits per heavy atom. The number of hydrogen-bond acceptors (Lipinski definition) is 5. The number of fused-ring (bicyclic) bond motifs is 1. The molecule has 1 unspecified atom stereocenters. The Labute approximate surface area is 110 Å². The number of hydrogen-bond donors (Lipinski definition) is 2. The molecule has 1 aliphatic heterocycles. The number of amides is 1. The van der Waals surface area contributed by atoms with Gasteiger partial charge in [-0.25, -0.2) is 9.97 Å². The molecular formula is C13H15N5O. The summed E-state index contributed by atoms with van der Waals surface area (Å²) in [5.74, 6) is 0.932. The molecular weight excluding hydrogens is 242 g/mol. The lowest BCUT2D eigenvalue weighted by Gasteiger charge is -2.34. The molecule has 1 aromatic heterocycles. The molecule has 1 aliphatic rings. The van der Waals surface area contributed by atoms with E-state index < -0.39 is 0 Å². The predicted molar refractivity (Wildman–Crippen MR) is 73.8 cm³/mol. The van der Waals surface area contributed by atoms with Gasteiger partial charge in [-0.2, -0.15) is 0 Å². The number of nitrogens with two attached hydrogens (primary N) is 1. The van der Waals surface area contributed by atoms with Crippen LogP contribution in [0.25, 0.3) is 11.0 Å². The van der Waals surface area contributed by atoms with Crippen molar-refractivity contribution in [2.24, 2.45) is 0 Å². The summed E-state index contributed by atoms with van der Waals surface area (Å²) in [7, 11) is 0. The fourth-order valence-corrected chi connectivity index (χ4v) is 2.29. The van der Waals surface area contributed by atoms with Gasteiger partial charge in [-0.3, -0.25) is 4.79 Å². The van der Waals surface area contributed by atoms with E-state index in [1.807, 2.05) is 36.1 Å². The molecule has 1 saturated heterocycles. The number of rotatable bonds is 1. The van der Waals surface area contributed by atoms with Crippen molar-refractivity contribution < 1.29 is 4.79 Å². The Hall–Kier alpha value is -2.37. The topological polar surface area (TPSA) is 84.1 Å². The number of benzene rings is 1. The molecule has 19 heavy (non-hydrogen) atoms. The molecule has 1 amide bonds. The van der Waals surface area contributed by atoms with E-state index in [9.17, 15) is 4.79 Å². The Balaban J connectivity index is 2.08. The van der Waals surface area contributed by atoms with Crippen molar-refractivity contribution in [3.63, 3.8) is 0 Å². The summed E-state index contributed by atoms with van der Waals surface area (Å²) in [6.07, 6.45) is 0. The molecule has 3 N–H and O–H groups in total. The highest BCUT2D eigenvalue weighted by Gasteiger charge is 2.28. The summed E-state index contributed by atoms with van der Waals surface area (Å²) < 4.78 is 0. The van der Waals surface area contributed by atoms with Crippen LogP contribution in [-0.4, -0.2) is 35.0 Å². The van der Waals surface area contributed by atoms with Crippen LogP contribution >= 0.6 is 0 Å². The van der Waals surface area contributed by atoms with Crippen molar-refractivity contribution in [1.29, 1.82) is 0 Å². The maximum atomic E-state index is 11.7. The van der Waals surface area contributed by atoms with Gasteiger partial charge in [0.05, 0.1) is 11.0 Å². The van der Waals surface area contributed by atoms with Gasteiger partial charge in [0, 0.05) is 13.1 Å². The molecule has 1 aromatic carbocycles. The molecule has 0 radical (unpaired) electrons. The molecule has 3 rings (SSSR count). The van der Waals surface area contributed by atoms with Gasteiger partial charge in [0.2, 0.25) is 5.91 Å².